The maximum Gasteiger partial charge on any atom is 0.210 e. The summed E-state index contributed by atoms with van der Waals surface area (Å²) in [6.45, 7) is 1.59. The van der Waals surface area contributed by atoms with Gasteiger partial charge in [-0.05, 0) is 49.2 Å². The smallest absolute Gasteiger partial charge is 0.210 e. The van der Waals surface area contributed by atoms with Crippen LogP contribution in [0.5, 0.6) is 0 Å². The third-order valence-corrected chi connectivity index (χ3v) is 4.64. The molecule has 0 aromatic heterocycles. The van der Waals surface area contributed by atoms with Crippen LogP contribution in [-0.2, 0) is 17.6 Å². The first-order valence-corrected chi connectivity index (χ1v) is 8.22. The van der Waals surface area contributed by atoms with Crippen LogP contribution in [-0.4, -0.2) is 43.4 Å². The highest BCUT2D eigenvalue weighted by Crippen LogP contribution is 2.35. The number of rotatable bonds is 5. The fourth-order valence-electron chi connectivity index (χ4n) is 3.41. The Morgan fingerprint density at radius 3 is 1.88 bits per heavy atom. The molecular weight excluding hydrogens is 320 g/mol. The SMILES string of the molecule is CN(C)CCN(C=O)C1c2ccccc2CCc2ccccc21.Cl. The summed E-state index contributed by atoms with van der Waals surface area (Å²) in [7, 11) is 4.08. The van der Waals surface area contributed by atoms with Crippen LogP contribution in [0, 0.1) is 0 Å². The van der Waals surface area contributed by atoms with Crippen molar-refractivity contribution in [1.29, 1.82) is 0 Å². The van der Waals surface area contributed by atoms with E-state index in [0.29, 0.717) is 0 Å². The number of aryl methyl sites for hydroxylation is 2. The second-order valence-corrected chi connectivity index (χ2v) is 6.45. The lowest BCUT2D eigenvalue weighted by Crippen LogP contribution is -2.35. The van der Waals surface area contributed by atoms with E-state index < -0.39 is 0 Å². The van der Waals surface area contributed by atoms with Gasteiger partial charge in [-0.3, -0.25) is 4.79 Å². The fraction of sp³-hybridized carbons (Fsp3) is 0.350. The zero-order chi connectivity index (χ0) is 16.2. The fourth-order valence-corrected chi connectivity index (χ4v) is 3.41. The normalized spacial score (nSPS) is 13.5. The van der Waals surface area contributed by atoms with Crippen molar-refractivity contribution in [2.75, 3.05) is 27.2 Å². The molecule has 0 N–H and O–H groups in total. The van der Waals surface area contributed by atoms with E-state index in [0.717, 1.165) is 32.3 Å². The number of hydrogen-bond donors (Lipinski definition) is 0. The second-order valence-electron chi connectivity index (χ2n) is 6.45. The lowest BCUT2D eigenvalue weighted by molar-refractivity contribution is -0.119. The van der Waals surface area contributed by atoms with Crippen molar-refractivity contribution in [2.24, 2.45) is 0 Å². The van der Waals surface area contributed by atoms with Gasteiger partial charge in [-0.15, -0.1) is 12.4 Å². The minimum absolute atomic E-state index is 0. The molecule has 0 saturated carbocycles. The molecule has 1 aliphatic carbocycles. The molecule has 3 nitrogen and oxygen atoms in total. The van der Waals surface area contributed by atoms with Crippen LogP contribution in [0.2, 0.25) is 0 Å². The van der Waals surface area contributed by atoms with E-state index in [4.69, 9.17) is 0 Å². The number of likely N-dealkylation sites (N-methyl/N-ethyl adjacent to an activating group) is 1. The Kier molecular flexibility index (Phi) is 6.41. The van der Waals surface area contributed by atoms with E-state index in [1.807, 2.05) is 19.0 Å². The largest absolute Gasteiger partial charge is 0.333 e. The Morgan fingerprint density at radius 2 is 1.42 bits per heavy atom. The van der Waals surface area contributed by atoms with Crippen molar-refractivity contribution in [3.05, 3.63) is 70.8 Å². The van der Waals surface area contributed by atoms with Gasteiger partial charge in [0.15, 0.2) is 0 Å². The number of benzene rings is 2. The molecule has 0 bridgehead atoms. The molecule has 128 valence electrons. The number of fused-ring (bicyclic) bond motifs is 2. The molecule has 4 heteroatoms. The second kappa shape index (κ2) is 8.32. The maximum absolute atomic E-state index is 11.9. The van der Waals surface area contributed by atoms with Gasteiger partial charge in [0.1, 0.15) is 0 Å². The van der Waals surface area contributed by atoms with Crippen molar-refractivity contribution < 1.29 is 4.79 Å². The van der Waals surface area contributed by atoms with E-state index >= 15 is 0 Å². The van der Waals surface area contributed by atoms with Gasteiger partial charge in [-0.1, -0.05) is 48.5 Å². The molecule has 0 fully saturated rings. The lowest BCUT2D eigenvalue weighted by Gasteiger charge is -2.31. The molecule has 0 aliphatic heterocycles. The summed E-state index contributed by atoms with van der Waals surface area (Å²) in [5, 5.41) is 0. The summed E-state index contributed by atoms with van der Waals surface area (Å²) in [5.74, 6) is 0. The van der Waals surface area contributed by atoms with E-state index in [1.165, 1.54) is 22.3 Å². The molecule has 0 radical (unpaired) electrons. The average molecular weight is 345 g/mol. The number of carbonyl (C=O) groups is 1. The van der Waals surface area contributed by atoms with Crippen molar-refractivity contribution in [2.45, 2.75) is 18.9 Å². The molecule has 0 atom stereocenters. The first kappa shape index (κ1) is 18.5. The number of carbonyl (C=O) groups excluding carboxylic acids is 1. The third kappa shape index (κ3) is 3.80. The zero-order valence-electron chi connectivity index (χ0n) is 14.3. The Balaban J connectivity index is 0.00000208. The summed E-state index contributed by atoms with van der Waals surface area (Å²) in [4.78, 5) is 15.9. The van der Waals surface area contributed by atoms with Gasteiger partial charge in [-0.25, -0.2) is 0 Å². The quantitative estimate of drug-likeness (QED) is 0.777. The molecule has 2 aromatic rings. The predicted molar refractivity (Wildman–Crippen MR) is 101 cm³/mol. The highest BCUT2D eigenvalue weighted by molar-refractivity contribution is 5.85. The van der Waals surface area contributed by atoms with E-state index in [1.54, 1.807) is 0 Å². The Hall–Kier alpha value is -1.84. The minimum atomic E-state index is 0. The maximum atomic E-state index is 11.9. The van der Waals surface area contributed by atoms with Gasteiger partial charge < -0.3 is 9.80 Å². The number of hydrogen-bond acceptors (Lipinski definition) is 2. The number of halogens is 1. The number of amides is 1. The molecule has 0 saturated heterocycles. The van der Waals surface area contributed by atoms with Crippen LogP contribution in [0.25, 0.3) is 0 Å². The van der Waals surface area contributed by atoms with Gasteiger partial charge >= 0.3 is 0 Å². The van der Waals surface area contributed by atoms with Crippen LogP contribution in [0.15, 0.2) is 48.5 Å². The molecule has 3 rings (SSSR count). The van der Waals surface area contributed by atoms with E-state index in [9.17, 15) is 4.79 Å². The predicted octanol–water partition coefficient (Wildman–Crippen LogP) is 3.32. The Bertz CT molecular complexity index is 639. The topological polar surface area (TPSA) is 23.6 Å². The Labute approximate surface area is 150 Å². The Morgan fingerprint density at radius 1 is 0.917 bits per heavy atom. The van der Waals surface area contributed by atoms with Gasteiger partial charge in [-0.2, -0.15) is 0 Å². The highest BCUT2D eigenvalue weighted by Gasteiger charge is 2.27. The van der Waals surface area contributed by atoms with Crippen LogP contribution >= 0.6 is 12.4 Å². The van der Waals surface area contributed by atoms with E-state index in [-0.39, 0.29) is 18.4 Å². The lowest BCUT2D eigenvalue weighted by atomic mass is 9.93. The van der Waals surface area contributed by atoms with Crippen molar-refractivity contribution in [3.63, 3.8) is 0 Å². The van der Waals surface area contributed by atoms with Crippen molar-refractivity contribution in [1.82, 2.24) is 9.80 Å². The average Bonchev–Trinajstić information content (AvgIpc) is 2.73. The van der Waals surface area contributed by atoms with Gasteiger partial charge in [0.2, 0.25) is 6.41 Å². The van der Waals surface area contributed by atoms with Crippen LogP contribution < -0.4 is 0 Å². The first-order valence-electron chi connectivity index (χ1n) is 8.22. The molecule has 1 aliphatic rings. The molecular formula is C20H25ClN2O. The minimum Gasteiger partial charge on any atom is -0.333 e. The van der Waals surface area contributed by atoms with Gasteiger partial charge in [0, 0.05) is 13.1 Å². The van der Waals surface area contributed by atoms with Crippen molar-refractivity contribution >= 4 is 18.8 Å². The monoisotopic (exact) mass is 344 g/mol. The molecule has 1 amide bonds. The summed E-state index contributed by atoms with van der Waals surface area (Å²) in [5.41, 5.74) is 5.24. The van der Waals surface area contributed by atoms with Gasteiger partial charge in [0.25, 0.3) is 0 Å². The molecule has 0 heterocycles. The van der Waals surface area contributed by atoms with Crippen LogP contribution in [0.1, 0.15) is 28.3 Å². The summed E-state index contributed by atoms with van der Waals surface area (Å²) >= 11 is 0. The summed E-state index contributed by atoms with van der Waals surface area (Å²) in [6, 6.07) is 17.1. The van der Waals surface area contributed by atoms with Gasteiger partial charge in [0.05, 0.1) is 6.04 Å². The number of nitrogens with zero attached hydrogens (tertiary/aromatic N) is 2. The molecule has 0 unspecified atom stereocenters. The molecule has 2 aromatic carbocycles. The highest BCUT2D eigenvalue weighted by atomic mass is 35.5. The summed E-state index contributed by atoms with van der Waals surface area (Å²) < 4.78 is 0. The first-order chi connectivity index (χ1) is 11.2. The van der Waals surface area contributed by atoms with E-state index in [2.05, 4.69) is 53.4 Å². The molecule has 24 heavy (non-hydrogen) atoms. The van der Waals surface area contributed by atoms with Crippen LogP contribution in [0.4, 0.5) is 0 Å². The van der Waals surface area contributed by atoms with Crippen molar-refractivity contribution in [3.8, 4) is 0 Å². The van der Waals surface area contributed by atoms with Crippen LogP contribution in [0.3, 0.4) is 0 Å². The summed E-state index contributed by atoms with van der Waals surface area (Å²) in [6.07, 6.45) is 3.07. The third-order valence-electron chi connectivity index (χ3n) is 4.64. The standard InChI is InChI=1S/C20H24N2O.ClH/c1-21(2)13-14-22(15-23)20-18-9-5-3-7-16(18)11-12-17-8-4-6-10-19(17)20;/h3-10,15,20H,11-14H2,1-2H3;1H. The zero-order valence-corrected chi connectivity index (χ0v) is 15.1. The molecule has 0 spiro atoms.